The average Bonchev–Trinajstić information content (AvgIpc) is 2.91. The van der Waals surface area contributed by atoms with E-state index < -0.39 is 0 Å². The van der Waals surface area contributed by atoms with Crippen molar-refractivity contribution >= 4 is 29.9 Å². The fourth-order valence-corrected chi connectivity index (χ4v) is 2.56. The monoisotopic (exact) mass is 475 g/mol. The van der Waals surface area contributed by atoms with E-state index in [-0.39, 0.29) is 35.5 Å². The zero-order chi connectivity index (χ0) is 18.2. The molecule has 8 heteroatoms. The maximum Gasteiger partial charge on any atom is 0.191 e. The normalized spacial score (nSPS) is 11.0. The van der Waals surface area contributed by atoms with Crippen LogP contribution in [0, 0.1) is 19.7 Å². The van der Waals surface area contributed by atoms with Crippen LogP contribution >= 0.6 is 24.0 Å². The van der Waals surface area contributed by atoms with Crippen LogP contribution in [0.1, 0.15) is 23.4 Å². The van der Waals surface area contributed by atoms with Crippen LogP contribution in [0.25, 0.3) is 0 Å². The molecule has 0 bridgehead atoms. The number of guanidine groups is 1. The third-order valence-corrected chi connectivity index (χ3v) is 3.84. The fraction of sp³-hybridized carbons (Fsp3) is 0.444. The van der Waals surface area contributed by atoms with E-state index >= 15 is 0 Å². The van der Waals surface area contributed by atoms with Crippen molar-refractivity contribution in [3.8, 4) is 5.75 Å². The van der Waals surface area contributed by atoms with E-state index in [1.807, 2.05) is 17.7 Å². The Bertz CT molecular complexity index is 732. The Morgan fingerprint density at radius 3 is 2.62 bits per heavy atom. The Balaban J connectivity index is 0.00000338. The topological polar surface area (TPSA) is 63.5 Å². The number of aromatic nitrogens is 2. The molecule has 2 aromatic rings. The van der Waals surface area contributed by atoms with Crippen LogP contribution in [0.4, 0.5) is 4.39 Å². The number of benzene rings is 1. The van der Waals surface area contributed by atoms with Gasteiger partial charge in [0.15, 0.2) is 17.5 Å². The molecule has 0 aliphatic heterocycles. The number of methoxy groups -OCH3 is 1. The van der Waals surface area contributed by atoms with E-state index in [1.54, 1.807) is 13.1 Å². The first-order valence-corrected chi connectivity index (χ1v) is 8.31. The lowest BCUT2D eigenvalue weighted by Gasteiger charge is -2.13. The Hall–Kier alpha value is -1.84. The highest BCUT2D eigenvalue weighted by Gasteiger charge is 2.05. The number of nitrogens with zero attached hydrogens (tertiary/aromatic N) is 3. The zero-order valence-electron chi connectivity index (χ0n) is 15.7. The molecule has 26 heavy (non-hydrogen) atoms. The maximum absolute atomic E-state index is 13.7. The van der Waals surface area contributed by atoms with Gasteiger partial charge in [-0.25, -0.2) is 4.39 Å². The number of aliphatic imine (C=N–C) groups is 1. The van der Waals surface area contributed by atoms with Crippen LogP contribution in [-0.2, 0) is 13.1 Å². The number of nitrogens with one attached hydrogen (secondary N) is 2. The predicted molar refractivity (Wildman–Crippen MR) is 113 cm³/mol. The summed E-state index contributed by atoms with van der Waals surface area (Å²) in [7, 11) is 3.17. The summed E-state index contributed by atoms with van der Waals surface area (Å²) in [5, 5.41) is 10.9. The molecule has 0 unspecified atom stereocenters. The highest BCUT2D eigenvalue weighted by Crippen LogP contribution is 2.17. The van der Waals surface area contributed by atoms with Crippen LogP contribution in [0.2, 0.25) is 0 Å². The summed E-state index contributed by atoms with van der Waals surface area (Å²) in [6, 6.07) is 6.98. The number of rotatable bonds is 7. The molecule has 6 nitrogen and oxygen atoms in total. The second kappa shape index (κ2) is 11.0. The second-order valence-corrected chi connectivity index (χ2v) is 5.83. The zero-order valence-corrected chi connectivity index (χ0v) is 18.0. The van der Waals surface area contributed by atoms with Crippen molar-refractivity contribution in [2.75, 3.05) is 20.7 Å². The van der Waals surface area contributed by atoms with E-state index in [0.717, 1.165) is 30.8 Å². The van der Waals surface area contributed by atoms with Gasteiger partial charge in [-0.2, -0.15) is 5.10 Å². The molecule has 1 aromatic carbocycles. The molecule has 0 atom stereocenters. The van der Waals surface area contributed by atoms with Crippen molar-refractivity contribution in [2.45, 2.75) is 33.4 Å². The Labute approximate surface area is 171 Å². The number of hydrogen-bond acceptors (Lipinski definition) is 3. The van der Waals surface area contributed by atoms with Crippen molar-refractivity contribution in [2.24, 2.45) is 4.99 Å². The molecular weight excluding hydrogens is 448 g/mol. The van der Waals surface area contributed by atoms with Crippen LogP contribution in [0.5, 0.6) is 5.75 Å². The van der Waals surface area contributed by atoms with Gasteiger partial charge in [-0.1, -0.05) is 6.07 Å². The summed E-state index contributed by atoms with van der Waals surface area (Å²) in [6.07, 6.45) is 0.930. The van der Waals surface area contributed by atoms with Gasteiger partial charge in [-0.15, -0.1) is 24.0 Å². The van der Waals surface area contributed by atoms with Gasteiger partial charge in [-0.3, -0.25) is 9.67 Å². The Kier molecular flexibility index (Phi) is 9.39. The van der Waals surface area contributed by atoms with Gasteiger partial charge >= 0.3 is 0 Å². The maximum atomic E-state index is 13.7. The summed E-state index contributed by atoms with van der Waals surface area (Å²) in [5.74, 6) is 0.564. The third kappa shape index (κ3) is 6.47. The van der Waals surface area contributed by atoms with E-state index in [9.17, 15) is 4.39 Å². The number of halogens is 2. The molecule has 144 valence electrons. The first kappa shape index (κ1) is 22.2. The minimum absolute atomic E-state index is 0. The van der Waals surface area contributed by atoms with Gasteiger partial charge in [0.05, 0.1) is 12.8 Å². The highest BCUT2D eigenvalue weighted by molar-refractivity contribution is 14.0. The molecule has 1 heterocycles. The van der Waals surface area contributed by atoms with Crippen molar-refractivity contribution in [1.82, 2.24) is 20.4 Å². The quantitative estimate of drug-likeness (QED) is 0.280. The van der Waals surface area contributed by atoms with Gasteiger partial charge < -0.3 is 15.4 Å². The summed E-state index contributed by atoms with van der Waals surface area (Å²) in [4.78, 5) is 4.18. The summed E-state index contributed by atoms with van der Waals surface area (Å²) >= 11 is 0. The lowest BCUT2D eigenvalue weighted by Crippen LogP contribution is -2.37. The Morgan fingerprint density at radius 2 is 2.04 bits per heavy atom. The van der Waals surface area contributed by atoms with Crippen molar-refractivity contribution < 1.29 is 9.13 Å². The first-order chi connectivity index (χ1) is 12.0. The average molecular weight is 475 g/mol. The molecule has 0 aliphatic rings. The van der Waals surface area contributed by atoms with Crippen molar-refractivity contribution in [1.29, 1.82) is 0 Å². The molecule has 2 rings (SSSR count). The summed E-state index contributed by atoms with van der Waals surface area (Å²) in [6.45, 7) is 6.16. The SMILES string of the molecule is CN=C(NCCCn1nc(C)cc1C)NCc1ccc(OC)c(F)c1.I. The highest BCUT2D eigenvalue weighted by atomic mass is 127. The van der Waals surface area contributed by atoms with E-state index in [2.05, 4.69) is 33.7 Å². The smallest absolute Gasteiger partial charge is 0.191 e. The molecule has 0 spiro atoms. The Morgan fingerprint density at radius 1 is 1.27 bits per heavy atom. The standard InChI is InChI=1S/C18H26FN5O.HI/c1-13-10-14(2)24(23-13)9-5-8-21-18(20-3)22-12-15-6-7-17(25-4)16(19)11-15;/h6-7,10-11H,5,8-9,12H2,1-4H3,(H2,20,21,22);1H. The van der Waals surface area contributed by atoms with Gasteiger partial charge in [0.25, 0.3) is 0 Å². The van der Waals surface area contributed by atoms with E-state index in [4.69, 9.17) is 4.74 Å². The predicted octanol–water partition coefficient (Wildman–Crippen LogP) is 3.02. The third-order valence-electron chi connectivity index (χ3n) is 3.84. The van der Waals surface area contributed by atoms with Crippen LogP contribution in [0.15, 0.2) is 29.3 Å². The number of aryl methyl sites for hydroxylation is 3. The molecule has 0 amide bonds. The minimum atomic E-state index is -0.366. The molecule has 0 aliphatic carbocycles. The van der Waals surface area contributed by atoms with Gasteiger partial charge in [0.1, 0.15) is 0 Å². The van der Waals surface area contributed by atoms with Gasteiger partial charge in [-0.05, 0) is 44.0 Å². The fourth-order valence-electron chi connectivity index (χ4n) is 2.56. The largest absolute Gasteiger partial charge is 0.494 e. The molecule has 2 N–H and O–H groups in total. The van der Waals surface area contributed by atoms with Crippen LogP contribution in [-0.4, -0.2) is 36.4 Å². The molecule has 0 fully saturated rings. The van der Waals surface area contributed by atoms with Gasteiger partial charge in [0, 0.05) is 32.4 Å². The second-order valence-electron chi connectivity index (χ2n) is 5.83. The number of hydrogen-bond donors (Lipinski definition) is 2. The molecule has 1 aromatic heterocycles. The van der Waals surface area contributed by atoms with Crippen LogP contribution < -0.4 is 15.4 Å². The lowest BCUT2D eigenvalue weighted by molar-refractivity contribution is 0.386. The molecule has 0 radical (unpaired) electrons. The molecule has 0 saturated heterocycles. The summed E-state index contributed by atoms with van der Waals surface area (Å²) in [5.41, 5.74) is 3.03. The molecule has 0 saturated carbocycles. The first-order valence-electron chi connectivity index (χ1n) is 8.31. The molecular formula is C18H27FIN5O. The lowest BCUT2D eigenvalue weighted by atomic mass is 10.2. The minimum Gasteiger partial charge on any atom is -0.494 e. The van der Waals surface area contributed by atoms with Crippen molar-refractivity contribution in [3.63, 3.8) is 0 Å². The van der Waals surface area contributed by atoms with Crippen LogP contribution in [0.3, 0.4) is 0 Å². The van der Waals surface area contributed by atoms with Crippen molar-refractivity contribution in [3.05, 3.63) is 47.0 Å². The number of ether oxygens (including phenoxy) is 1. The van der Waals surface area contributed by atoms with E-state index in [0.29, 0.717) is 12.5 Å². The van der Waals surface area contributed by atoms with E-state index in [1.165, 1.54) is 18.9 Å². The summed E-state index contributed by atoms with van der Waals surface area (Å²) < 4.78 is 20.6. The van der Waals surface area contributed by atoms with Gasteiger partial charge in [0.2, 0.25) is 0 Å².